The van der Waals surface area contributed by atoms with E-state index in [4.69, 9.17) is 11.0 Å². The van der Waals surface area contributed by atoms with Gasteiger partial charge in [-0.1, -0.05) is 29.8 Å². The highest BCUT2D eigenvalue weighted by molar-refractivity contribution is 7.12. The van der Waals surface area contributed by atoms with Gasteiger partial charge in [0.1, 0.15) is 0 Å². The predicted octanol–water partition coefficient (Wildman–Crippen LogP) is 4.01. The minimum Gasteiger partial charge on any atom is -0.306 e. The van der Waals surface area contributed by atoms with Crippen LogP contribution in [0.25, 0.3) is 5.57 Å². The second kappa shape index (κ2) is 5.49. The summed E-state index contributed by atoms with van der Waals surface area (Å²) in [6.45, 7) is -5.68. The van der Waals surface area contributed by atoms with E-state index in [-0.39, 0.29) is 17.8 Å². The summed E-state index contributed by atoms with van der Waals surface area (Å²) in [7, 11) is 1.04. The zero-order valence-electron chi connectivity index (χ0n) is 19.9. The van der Waals surface area contributed by atoms with Gasteiger partial charge in [0.2, 0.25) is 0 Å². The number of rotatable bonds is 0. The Morgan fingerprint density at radius 2 is 1.91 bits per heavy atom. The number of Topliss-reactive ketones (excluding diaryl/α,β-unsaturated/α-hetero) is 1. The Kier molecular flexibility index (Phi) is 1.92. The molecule has 0 saturated carbocycles. The first-order valence-electron chi connectivity index (χ1n) is 10.9. The van der Waals surface area contributed by atoms with E-state index in [9.17, 15) is 4.79 Å². The molecule has 2 aliphatic rings. The third kappa shape index (κ3) is 2.25. The van der Waals surface area contributed by atoms with Crippen LogP contribution in [0.3, 0.4) is 0 Å². The SMILES string of the molecule is [2H]C1([2H])C(=C2c3ccccc3CC(=O)c3sccc32)C([2H])([2H])C([2H])([2H])N(C)C1([2H])[2H]. The third-order valence-corrected chi connectivity index (χ3v) is 4.73. The lowest BCUT2D eigenvalue weighted by atomic mass is 9.88. The van der Waals surface area contributed by atoms with E-state index in [1.54, 1.807) is 35.7 Å². The van der Waals surface area contributed by atoms with E-state index < -0.39 is 31.3 Å². The molecule has 1 aromatic carbocycles. The summed E-state index contributed by atoms with van der Waals surface area (Å²) in [5.41, 5.74) is 0.740. The standard InChI is InChI=1S/C19H19NOS/c1-20-9-6-13(7-10-20)18-15-5-3-2-4-14(15)12-17(21)19-16(18)8-11-22-19/h2-5,8,11H,6-7,9-10,12H2,1H3/i6D2,7D2,9D2,10D2. The van der Waals surface area contributed by atoms with Crippen LogP contribution >= 0.6 is 11.3 Å². The molecule has 1 saturated heterocycles. The van der Waals surface area contributed by atoms with Gasteiger partial charge in [-0.15, -0.1) is 11.3 Å². The van der Waals surface area contributed by atoms with Crippen molar-refractivity contribution in [2.75, 3.05) is 20.0 Å². The first-order valence-corrected chi connectivity index (χ1v) is 7.82. The second-order valence-electron chi connectivity index (χ2n) is 5.20. The molecule has 0 amide bonds. The third-order valence-electron chi connectivity index (χ3n) is 3.77. The molecule has 0 spiro atoms. The van der Waals surface area contributed by atoms with Crippen molar-refractivity contribution in [1.29, 1.82) is 0 Å². The number of thiophene rings is 1. The van der Waals surface area contributed by atoms with E-state index in [1.807, 2.05) is 0 Å². The van der Waals surface area contributed by atoms with E-state index in [0.717, 1.165) is 18.4 Å². The van der Waals surface area contributed by atoms with Gasteiger partial charge in [-0.2, -0.15) is 0 Å². The summed E-state index contributed by atoms with van der Waals surface area (Å²) in [4.78, 5) is 13.6. The lowest BCUT2D eigenvalue weighted by Crippen LogP contribution is -2.27. The first kappa shape index (κ1) is 7.71. The summed E-state index contributed by atoms with van der Waals surface area (Å²) >= 11 is 1.16. The van der Waals surface area contributed by atoms with Crippen molar-refractivity contribution < 1.29 is 15.8 Å². The minimum atomic E-state index is -2.88. The molecule has 1 aromatic heterocycles. The number of carbonyl (C=O) groups is 1. The van der Waals surface area contributed by atoms with Crippen LogP contribution in [0.15, 0.2) is 41.3 Å². The summed E-state index contributed by atoms with van der Waals surface area (Å²) < 4.78 is 68.0. The molecule has 22 heavy (non-hydrogen) atoms. The topological polar surface area (TPSA) is 20.3 Å². The van der Waals surface area contributed by atoms with Crippen LogP contribution in [0.4, 0.5) is 0 Å². The van der Waals surface area contributed by atoms with Crippen molar-refractivity contribution in [2.45, 2.75) is 19.2 Å². The molecule has 3 heteroatoms. The maximum Gasteiger partial charge on any atom is 0.177 e. The Morgan fingerprint density at radius 3 is 2.73 bits per heavy atom. The van der Waals surface area contributed by atoms with Crippen molar-refractivity contribution in [3.05, 3.63) is 62.9 Å². The average molecular weight is 317 g/mol. The van der Waals surface area contributed by atoms with E-state index in [2.05, 4.69) is 0 Å². The first-order chi connectivity index (χ1) is 13.8. The van der Waals surface area contributed by atoms with Gasteiger partial charge >= 0.3 is 0 Å². The lowest BCUT2D eigenvalue weighted by molar-refractivity contribution is 0.0997. The maximum absolute atomic E-state index is 12.8. The molecule has 4 rings (SSSR count). The Labute approximate surface area is 146 Å². The van der Waals surface area contributed by atoms with Crippen LogP contribution in [0.1, 0.15) is 50.1 Å². The van der Waals surface area contributed by atoms with Crippen molar-refractivity contribution >= 4 is 22.7 Å². The molecule has 0 N–H and O–H groups in total. The molecule has 2 aromatic rings. The fourth-order valence-electron chi connectivity index (χ4n) is 2.77. The summed E-state index contributed by atoms with van der Waals surface area (Å²) in [6.07, 6.45) is -5.72. The van der Waals surface area contributed by atoms with Crippen molar-refractivity contribution in [2.24, 2.45) is 0 Å². The highest BCUT2D eigenvalue weighted by atomic mass is 32.1. The molecule has 1 fully saturated rings. The molecule has 1 aliphatic heterocycles. The summed E-state index contributed by atoms with van der Waals surface area (Å²) in [5, 5.41) is 1.65. The molecule has 2 heterocycles. The van der Waals surface area contributed by atoms with E-state index >= 15 is 0 Å². The number of likely N-dealkylation sites (tertiary alicyclic amines) is 1. The Morgan fingerprint density at radius 1 is 1.14 bits per heavy atom. The molecule has 0 bridgehead atoms. The zero-order chi connectivity index (χ0) is 22.3. The maximum atomic E-state index is 12.8. The van der Waals surface area contributed by atoms with Crippen molar-refractivity contribution in [1.82, 2.24) is 4.90 Å². The molecule has 1 aliphatic carbocycles. The van der Waals surface area contributed by atoms with Crippen LogP contribution in [-0.2, 0) is 6.42 Å². The van der Waals surface area contributed by atoms with E-state index in [1.165, 1.54) is 0 Å². The van der Waals surface area contributed by atoms with Crippen molar-refractivity contribution in [3.63, 3.8) is 0 Å². The predicted molar refractivity (Wildman–Crippen MR) is 91.5 cm³/mol. The quantitative estimate of drug-likeness (QED) is 0.731. The molecular formula is C19H19NOS. The monoisotopic (exact) mass is 317 g/mol. The molecule has 2 nitrogen and oxygen atoms in total. The Bertz CT molecular complexity index is 1060. The fraction of sp³-hybridized carbons (Fsp3) is 0.316. The van der Waals surface area contributed by atoms with Gasteiger partial charge in [-0.25, -0.2) is 0 Å². The minimum absolute atomic E-state index is 0.0478. The van der Waals surface area contributed by atoms with Crippen LogP contribution in [0.2, 0.25) is 0 Å². The van der Waals surface area contributed by atoms with Gasteiger partial charge in [0, 0.05) is 35.9 Å². The lowest BCUT2D eigenvalue weighted by Gasteiger charge is -2.27. The number of carbonyl (C=O) groups excluding carboxylic acids is 1. The zero-order valence-corrected chi connectivity index (χ0v) is 12.8. The highest BCUT2D eigenvalue weighted by Gasteiger charge is 2.27. The number of hydrogen-bond acceptors (Lipinski definition) is 3. The van der Waals surface area contributed by atoms with Gasteiger partial charge in [-0.3, -0.25) is 4.79 Å². The van der Waals surface area contributed by atoms with Gasteiger partial charge in [0.05, 0.1) is 4.88 Å². The highest BCUT2D eigenvalue weighted by Crippen LogP contribution is 2.40. The van der Waals surface area contributed by atoms with E-state index in [0.29, 0.717) is 26.5 Å². The number of fused-ring (bicyclic) bond motifs is 2. The van der Waals surface area contributed by atoms with Gasteiger partial charge in [0.15, 0.2) is 5.78 Å². The summed E-state index contributed by atoms with van der Waals surface area (Å²) in [6, 6.07) is 8.36. The van der Waals surface area contributed by atoms with Crippen LogP contribution in [0.5, 0.6) is 0 Å². The summed E-state index contributed by atoms with van der Waals surface area (Å²) in [5.74, 6) is -0.192. The van der Waals surface area contributed by atoms with Gasteiger partial charge in [-0.05, 0) is 47.9 Å². The van der Waals surface area contributed by atoms with Gasteiger partial charge < -0.3 is 4.90 Å². The molecule has 0 radical (unpaired) electrons. The number of hydrogen-bond donors (Lipinski definition) is 0. The second-order valence-corrected chi connectivity index (χ2v) is 6.12. The molecule has 112 valence electrons. The van der Waals surface area contributed by atoms with Crippen molar-refractivity contribution in [3.8, 4) is 0 Å². The molecule has 0 atom stereocenters. The Hall–Kier alpha value is -1.71. The fourth-order valence-corrected chi connectivity index (χ4v) is 3.61. The van der Waals surface area contributed by atoms with Crippen LogP contribution < -0.4 is 0 Å². The normalized spacial score (nSPS) is 33.4. The van der Waals surface area contributed by atoms with Gasteiger partial charge in [0.25, 0.3) is 0 Å². The number of piperidine rings is 1. The smallest absolute Gasteiger partial charge is 0.177 e. The average Bonchev–Trinajstić information content (AvgIpc) is 3.10. The number of benzene rings is 1. The largest absolute Gasteiger partial charge is 0.306 e. The number of ketones is 1. The molecule has 0 unspecified atom stereocenters. The van der Waals surface area contributed by atoms with Crippen LogP contribution in [-0.4, -0.2) is 30.7 Å². The Balaban J connectivity index is 2.22. The number of nitrogens with zero attached hydrogens (tertiary/aromatic N) is 1. The van der Waals surface area contributed by atoms with Crippen LogP contribution in [0, 0.1) is 0 Å². The molecular weight excluding hydrogens is 290 g/mol.